The molecular formula is C8H11ClO. The lowest BCUT2D eigenvalue weighted by molar-refractivity contribution is 0.559. The quantitative estimate of drug-likeness (QED) is 0.604. The average molecular weight is 159 g/mol. The lowest BCUT2D eigenvalue weighted by Crippen LogP contribution is -2.02. The van der Waals surface area contributed by atoms with Gasteiger partial charge >= 0.3 is 0 Å². The van der Waals surface area contributed by atoms with Crippen LogP contribution in [-0.4, -0.2) is 5.38 Å². The van der Waals surface area contributed by atoms with Crippen LogP contribution in [-0.2, 0) is 0 Å². The van der Waals surface area contributed by atoms with Gasteiger partial charge in [0, 0.05) is 11.3 Å². The van der Waals surface area contributed by atoms with Crippen LogP contribution in [0.2, 0.25) is 0 Å². The molecule has 0 spiro atoms. The monoisotopic (exact) mass is 158 g/mol. The van der Waals surface area contributed by atoms with Crippen LogP contribution in [0.5, 0.6) is 0 Å². The Morgan fingerprint density at radius 3 is 2.60 bits per heavy atom. The first-order chi connectivity index (χ1) is 4.72. The summed E-state index contributed by atoms with van der Waals surface area (Å²) >= 11 is 5.88. The van der Waals surface area contributed by atoms with Crippen molar-refractivity contribution >= 4 is 11.6 Å². The second kappa shape index (κ2) is 3.11. The van der Waals surface area contributed by atoms with Crippen molar-refractivity contribution in [3.8, 4) is 0 Å². The largest absolute Gasteiger partial charge is 0.472 e. The van der Waals surface area contributed by atoms with Gasteiger partial charge in [-0.2, -0.15) is 0 Å². The van der Waals surface area contributed by atoms with Crippen molar-refractivity contribution in [2.75, 3.05) is 0 Å². The van der Waals surface area contributed by atoms with Crippen LogP contribution in [0.25, 0.3) is 0 Å². The standard InChI is InChI=1S/C8H11ClO/c1-6(7(2)9)8-3-4-10-5-8/h3-7H,1-2H3. The summed E-state index contributed by atoms with van der Waals surface area (Å²) in [5.41, 5.74) is 1.17. The van der Waals surface area contributed by atoms with Gasteiger partial charge in [-0.1, -0.05) is 6.92 Å². The fourth-order valence-electron chi connectivity index (χ4n) is 0.799. The van der Waals surface area contributed by atoms with E-state index in [1.807, 2.05) is 13.0 Å². The predicted molar refractivity (Wildman–Crippen MR) is 42.4 cm³/mol. The van der Waals surface area contributed by atoms with E-state index >= 15 is 0 Å². The third kappa shape index (κ3) is 1.54. The minimum atomic E-state index is 0.164. The van der Waals surface area contributed by atoms with Crippen LogP contribution in [0, 0.1) is 0 Å². The van der Waals surface area contributed by atoms with Gasteiger partial charge in [-0.3, -0.25) is 0 Å². The topological polar surface area (TPSA) is 13.1 Å². The van der Waals surface area contributed by atoms with Crippen LogP contribution in [0.1, 0.15) is 25.3 Å². The van der Waals surface area contributed by atoms with E-state index in [0.29, 0.717) is 5.92 Å². The Morgan fingerprint density at radius 2 is 2.20 bits per heavy atom. The van der Waals surface area contributed by atoms with Gasteiger partial charge in [-0.25, -0.2) is 0 Å². The van der Waals surface area contributed by atoms with E-state index < -0.39 is 0 Å². The predicted octanol–water partition coefficient (Wildman–Crippen LogP) is 3.01. The maximum atomic E-state index is 5.88. The zero-order valence-corrected chi connectivity index (χ0v) is 6.93. The molecule has 0 fully saturated rings. The molecule has 0 amide bonds. The fourth-order valence-corrected chi connectivity index (χ4v) is 0.945. The molecule has 0 aliphatic carbocycles. The minimum absolute atomic E-state index is 0.164. The molecule has 1 heterocycles. The maximum absolute atomic E-state index is 5.88. The van der Waals surface area contributed by atoms with Gasteiger partial charge in [0.1, 0.15) is 0 Å². The average Bonchev–Trinajstić information content (AvgIpc) is 2.36. The summed E-state index contributed by atoms with van der Waals surface area (Å²) in [6, 6.07) is 1.95. The van der Waals surface area contributed by atoms with Gasteiger partial charge in [0.05, 0.1) is 12.5 Å². The summed E-state index contributed by atoms with van der Waals surface area (Å²) in [6.45, 7) is 4.07. The van der Waals surface area contributed by atoms with Crippen LogP contribution >= 0.6 is 11.6 Å². The molecular weight excluding hydrogens is 148 g/mol. The van der Waals surface area contributed by atoms with E-state index in [0.717, 1.165) is 0 Å². The van der Waals surface area contributed by atoms with E-state index in [1.54, 1.807) is 12.5 Å². The summed E-state index contributed by atoms with van der Waals surface area (Å²) < 4.78 is 4.93. The highest BCUT2D eigenvalue weighted by Crippen LogP contribution is 2.22. The molecule has 0 radical (unpaired) electrons. The van der Waals surface area contributed by atoms with Crippen molar-refractivity contribution < 1.29 is 4.42 Å². The normalized spacial score (nSPS) is 16.7. The van der Waals surface area contributed by atoms with E-state index in [2.05, 4.69) is 6.92 Å². The maximum Gasteiger partial charge on any atom is 0.0937 e. The zero-order valence-electron chi connectivity index (χ0n) is 6.17. The molecule has 0 saturated carbocycles. The second-order valence-corrected chi connectivity index (χ2v) is 3.21. The van der Waals surface area contributed by atoms with Crippen molar-refractivity contribution in [2.45, 2.75) is 25.1 Å². The molecule has 1 nitrogen and oxygen atoms in total. The Hall–Kier alpha value is -0.430. The molecule has 0 saturated heterocycles. The molecule has 2 atom stereocenters. The molecule has 0 aliphatic rings. The molecule has 1 rings (SSSR count). The number of halogens is 1. The van der Waals surface area contributed by atoms with Crippen molar-refractivity contribution in [1.82, 2.24) is 0 Å². The van der Waals surface area contributed by atoms with Gasteiger partial charge in [-0.15, -0.1) is 11.6 Å². The van der Waals surface area contributed by atoms with Gasteiger partial charge in [0.15, 0.2) is 0 Å². The minimum Gasteiger partial charge on any atom is -0.472 e. The van der Waals surface area contributed by atoms with E-state index in [1.165, 1.54) is 5.56 Å². The zero-order chi connectivity index (χ0) is 7.56. The van der Waals surface area contributed by atoms with Crippen molar-refractivity contribution in [1.29, 1.82) is 0 Å². The first-order valence-electron chi connectivity index (χ1n) is 3.38. The van der Waals surface area contributed by atoms with E-state index in [-0.39, 0.29) is 5.38 Å². The Morgan fingerprint density at radius 1 is 1.50 bits per heavy atom. The smallest absolute Gasteiger partial charge is 0.0937 e. The van der Waals surface area contributed by atoms with Crippen molar-refractivity contribution in [3.63, 3.8) is 0 Å². The third-order valence-electron chi connectivity index (χ3n) is 1.76. The first-order valence-corrected chi connectivity index (χ1v) is 3.81. The summed E-state index contributed by atoms with van der Waals surface area (Å²) in [7, 11) is 0. The summed E-state index contributed by atoms with van der Waals surface area (Å²) in [5, 5.41) is 0.164. The molecule has 0 bridgehead atoms. The Balaban J connectivity index is 2.68. The number of rotatable bonds is 2. The molecule has 10 heavy (non-hydrogen) atoms. The van der Waals surface area contributed by atoms with Gasteiger partial charge in [0.2, 0.25) is 0 Å². The van der Waals surface area contributed by atoms with Crippen molar-refractivity contribution in [2.24, 2.45) is 0 Å². The van der Waals surface area contributed by atoms with Crippen LogP contribution in [0.3, 0.4) is 0 Å². The van der Waals surface area contributed by atoms with E-state index in [9.17, 15) is 0 Å². The second-order valence-electron chi connectivity index (χ2n) is 2.52. The lowest BCUT2D eigenvalue weighted by atomic mass is 10.0. The molecule has 0 aromatic carbocycles. The lowest BCUT2D eigenvalue weighted by Gasteiger charge is -2.09. The van der Waals surface area contributed by atoms with E-state index in [4.69, 9.17) is 16.0 Å². The molecule has 2 heteroatoms. The highest BCUT2D eigenvalue weighted by molar-refractivity contribution is 6.20. The molecule has 1 aromatic heterocycles. The Kier molecular flexibility index (Phi) is 2.39. The van der Waals surface area contributed by atoms with Crippen LogP contribution in [0.4, 0.5) is 0 Å². The molecule has 0 aliphatic heterocycles. The number of furan rings is 1. The Bertz CT molecular complexity index is 179. The number of hydrogen-bond acceptors (Lipinski definition) is 1. The van der Waals surface area contributed by atoms with Crippen molar-refractivity contribution in [3.05, 3.63) is 24.2 Å². The van der Waals surface area contributed by atoms with Gasteiger partial charge in [0.25, 0.3) is 0 Å². The summed E-state index contributed by atoms with van der Waals surface area (Å²) in [4.78, 5) is 0. The number of hydrogen-bond donors (Lipinski definition) is 0. The molecule has 56 valence electrons. The molecule has 2 unspecified atom stereocenters. The van der Waals surface area contributed by atoms with Crippen LogP contribution in [0.15, 0.2) is 23.0 Å². The summed E-state index contributed by atoms with van der Waals surface area (Å²) in [6.07, 6.45) is 3.41. The highest BCUT2D eigenvalue weighted by atomic mass is 35.5. The highest BCUT2D eigenvalue weighted by Gasteiger charge is 2.11. The SMILES string of the molecule is CC(Cl)C(C)c1ccoc1. The van der Waals surface area contributed by atoms with Gasteiger partial charge < -0.3 is 4.42 Å². The Labute approximate surface area is 66.0 Å². The van der Waals surface area contributed by atoms with Gasteiger partial charge in [-0.05, 0) is 18.6 Å². The number of alkyl halides is 1. The third-order valence-corrected chi connectivity index (χ3v) is 2.14. The molecule has 0 N–H and O–H groups in total. The first kappa shape index (κ1) is 7.67. The molecule has 1 aromatic rings. The fraction of sp³-hybridized carbons (Fsp3) is 0.500. The van der Waals surface area contributed by atoms with Crippen LogP contribution < -0.4 is 0 Å². The summed E-state index contributed by atoms with van der Waals surface area (Å²) in [5.74, 6) is 0.375.